The molecule has 1 fully saturated rings. The number of rotatable bonds is 6. The van der Waals surface area contributed by atoms with Crippen LogP contribution in [-0.4, -0.2) is 38.2 Å². The first-order valence-electron chi connectivity index (χ1n) is 10.7. The minimum Gasteiger partial charge on any atom is -0.497 e. The molecule has 0 atom stereocenters. The van der Waals surface area contributed by atoms with Crippen molar-refractivity contribution in [2.24, 2.45) is 0 Å². The molecule has 158 valence electrons. The maximum Gasteiger partial charge on any atom is 0.197 e. The van der Waals surface area contributed by atoms with E-state index < -0.39 is 0 Å². The number of carbonyl (C=O) groups excluding carboxylic acids is 1. The Morgan fingerprint density at radius 1 is 1.26 bits per heavy atom. The highest BCUT2D eigenvalue weighted by Gasteiger charge is 2.32. The van der Waals surface area contributed by atoms with Crippen LogP contribution in [0.15, 0.2) is 29.4 Å². The molecule has 0 saturated heterocycles. The van der Waals surface area contributed by atoms with Gasteiger partial charge in [-0.15, -0.1) is 21.5 Å². The van der Waals surface area contributed by atoms with Crippen LogP contribution in [-0.2, 0) is 12.8 Å². The molecule has 3 heterocycles. The fourth-order valence-electron chi connectivity index (χ4n) is 4.37. The van der Waals surface area contributed by atoms with Crippen LogP contribution >= 0.6 is 23.1 Å². The van der Waals surface area contributed by atoms with E-state index in [1.54, 1.807) is 13.2 Å². The summed E-state index contributed by atoms with van der Waals surface area (Å²) in [6.07, 6.45) is 7.03. The predicted octanol–water partition coefficient (Wildman–Crippen LogP) is 5.08. The Balaban J connectivity index is 1.39. The van der Waals surface area contributed by atoms with Crippen molar-refractivity contribution in [3.63, 3.8) is 0 Å². The van der Waals surface area contributed by atoms with Gasteiger partial charge in [0.25, 0.3) is 0 Å². The zero-order valence-electron chi connectivity index (χ0n) is 17.3. The third kappa shape index (κ3) is 3.32. The van der Waals surface area contributed by atoms with Crippen LogP contribution in [0.1, 0.15) is 58.2 Å². The molecule has 2 aliphatic rings. The van der Waals surface area contributed by atoms with Gasteiger partial charge in [0.2, 0.25) is 0 Å². The number of Topliss-reactive ketones (excluding diaryl/α,β-unsaturated/α-hetero) is 1. The van der Waals surface area contributed by atoms with E-state index in [4.69, 9.17) is 9.72 Å². The fraction of sp³-hybridized carbons (Fsp3) is 0.391. The number of aryl methyl sites for hydroxylation is 2. The number of hydrogen-bond acceptors (Lipinski definition) is 7. The van der Waals surface area contributed by atoms with Gasteiger partial charge in [-0.2, -0.15) is 0 Å². The van der Waals surface area contributed by atoms with E-state index in [1.165, 1.54) is 40.4 Å². The topological polar surface area (TPSA) is 69.4 Å². The number of methoxy groups -OCH3 is 1. The van der Waals surface area contributed by atoms with E-state index in [1.807, 2.05) is 29.5 Å². The first kappa shape index (κ1) is 19.3. The number of ketones is 1. The largest absolute Gasteiger partial charge is 0.497 e. The summed E-state index contributed by atoms with van der Waals surface area (Å²) in [4.78, 5) is 20.5. The van der Waals surface area contributed by atoms with Crippen molar-refractivity contribution in [1.82, 2.24) is 19.6 Å². The molecule has 6 nitrogen and oxygen atoms in total. The number of nitrogens with zero attached hydrogens (tertiary/aromatic N) is 4. The van der Waals surface area contributed by atoms with Crippen LogP contribution in [0.3, 0.4) is 0 Å². The normalized spacial score (nSPS) is 16.0. The fourth-order valence-corrected chi connectivity index (χ4v) is 6.47. The Hall–Kier alpha value is -2.45. The number of thiophene rings is 1. The average molecular weight is 451 g/mol. The summed E-state index contributed by atoms with van der Waals surface area (Å²) in [6.45, 7) is 0. The lowest BCUT2D eigenvalue weighted by Gasteiger charge is -2.11. The van der Waals surface area contributed by atoms with Crippen LogP contribution in [0, 0.1) is 0 Å². The summed E-state index contributed by atoms with van der Waals surface area (Å²) < 4.78 is 7.38. The minimum atomic E-state index is 0.0515. The molecule has 0 bridgehead atoms. The first-order valence-corrected chi connectivity index (χ1v) is 12.5. The molecule has 0 aliphatic heterocycles. The standard InChI is InChI=1S/C23H22N4O2S2/c1-29-15-6-4-5-14(11-15)17(28)12-30-23-26-25-21-19-16-7-2-3-8-18(16)31-22(19)24-20(27(21)23)13-9-10-13/h4-6,11,13H,2-3,7-10,12H2,1H3. The number of hydrogen-bond donors (Lipinski definition) is 0. The predicted molar refractivity (Wildman–Crippen MR) is 123 cm³/mol. The third-order valence-corrected chi connectivity index (χ3v) is 8.24. The summed E-state index contributed by atoms with van der Waals surface area (Å²) in [5.74, 6) is 2.57. The molecule has 1 saturated carbocycles. The maximum atomic E-state index is 12.8. The van der Waals surface area contributed by atoms with Crippen LogP contribution in [0.2, 0.25) is 0 Å². The van der Waals surface area contributed by atoms with Crippen molar-refractivity contribution in [3.05, 3.63) is 46.1 Å². The molecule has 31 heavy (non-hydrogen) atoms. The molecule has 0 radical (unpaired) electrons. The van der Waals surface area contributed by atoms with Gasteiger partial charge in [0.1, 0.15) is 16.4 Å². The first-order chi connectivity index (χ1) is 15.2. The van der Waals surface area contributed by atoms with Crippen LogP contribution < -0.4 is 4.74 Å². The smallest absolute Gasteiger partial charge is 0.197 e. The maximum absolute atomic E-state index is 12.8. The molecular weight excluding hydrogens is 428 g/mol. The molecule has 4 aromatic rings. The van der Waals surface area contributed by atoms with Crippen molar-refractivity contribution < 1.29 is 9.53 Å². The Kier molecular flexibility index (Phi) is 4.72. The second-order valence-corrected chi connectivity index (χ2v) is 10.2. The van der Waals surface area contributed by atoms with E-state index in [-0.39, 0.29) is 5.78 Å². The van der Waals surface area contributed by atoms with Crippen LogP contribution in [0.25, 0.3) is 15.9 Å². The van der Waals surface area contributed by atoms with Gasteiger partial charge in [0.05, 0.1) is 18.2 Å². The lowest BCUT2D eigenvalue weighted by atomic mass is 9.97. The number of aromatic nitrogens is 4. The minimum absolute atomic E-state index is 0.0515. The van der Waals surface area contributed by atoms with Gasteiger partial charge in [-0.3, -0.25) is 9.20 Å². The number of fused-ring (bicyclic) bond motifs is 5. The van der Waals surface area contributed by atoms with E-state index in [0.29, 0.717) is 23.0 Å². The molecule has 2 aliphatic carbocycles. The molecule has 0 spiro atoms. The molecule has 8 heteroatoms. The van der Waals surface area contributed by atoms with Gasteiger partial charge < -0.3 is 4.74 Å². The number of benzene rings is 1. The van der Waals surface area contributed by atoms with Gasteiger partial charge in [-0.25, -0.2) is 4.98 Å². The Morgan fingerprint density at radius 3 is 2.97 bits per heavy atom. The van der Waals surface area contributed by atoms with E-state index in [2.05, 4.69) is 14.6 Å². The third-order valence-electron chi connectivity index (χ3n) is 6.12. The van der Waals surface area contributed by atoms with E-state index in [9.17, 15) is 4.79 Å². The van der Waals surface area contributed by atoms with Gasteiger partial charge >= 0.3 is 0 Å². The van der Waals surface area contributed by atoms with Gasteiger partial charge in [0, 0.05) is 16.4 Å². The highest BCUT2D eigenvalue weighted by atomic mass is 32.2. The molecule has 6 rings (SSSR count). The van der Waals surface area contributed by atoms with Gasteiger partial charge in [-0.1, -0.05) is 23.9 Å². The van der Waals surface area contributed by atoms with Crippen LogP contribution in [0.5, 0.6) is 5.75 Å². The van der Waals surface area contributed by atoms with Crippen molar-refractivity contribution in [2.75, 3.05) is 12.9 Å². The Morgan fingerprint density at radius 2 is 2.13 bits per heavy atom. The number of carbonyl (C=O) groups is 1. The second kappa shape index (κ2) is 7.60. The van der Waals surface area contributed by atoms with Crippen molar-refractivity contribution in [3.8, 4) is 5.75 Å². The average Bonchev–Trinajstić information content (AvgIpc) is 3.46. The molecule has 0 amide bonds. The summed E-state index contributed by atoms with van der Waals surface area (Å²) in [5, 5.41) is 11.1. The number of thioether (sulfide) groups is 1. The highest BCUT2D eigenvalue weighted by molar-refractivity contribution is 7.99. The van der Waals surface area contributed by atoms with E-state index in [0.717, 1.165) is 47.1 Å². The molecule has 1 aromatic carbocycles. The second-order valence-electron chi connectivity index (χ2n) is 8.22. The van der Waals surface area contributed by atoms with Crippen molar-refractivity contribution in [1.29, 1.82) is 0 Å². The summed E-state index contributed by atoms with van der Waals surface area (Å²) >= 11 is 3.28. The summed E-state index contributed by atoms with van der Waals surface area (Å²) in [7, 11) is 1.61. The summed E-state index contributed by atoms with van der Waals surface area (Å²) in [5.41, 5.74) is 2.99. The SMILES string of the molecule is COc1cccc(C(=O)CSc2nnc3c4c5c(sc4nc(C4CC4)n23)CCCC5)c1. The molecular formula is C23H22N4O2S2. The van der Waals surface area contributed by atoms with Crippen molar-refractivity contribution >= 4 is 44.7 Å². The van der Waals surface area contributed by atoms with Gasteiger partial charge in [-0.05, 0) is 56.2 Å². The monoisotopic (exact) mass is 450 g/mol. The lowest BCUT2D eigenvalue weighted by Crippen LogP contribution is -2.06. The number of ether oxygens (including phenoxy) is 1. The zero-order chi connectivity index (χ0) is 20.9. The van der Waals surface area contributed by atoms with Crippen molar-refractivity contribution in [2.45, 2.75) is 49.6 Å². The van der Waals surface area contributed by atoms with Gasteiger partial charge in [0.15, 0.2) is 16.6 Å². The summed E-state index contributed by atoms with van der Waals surface area (Å²) in [6, 6.07) is 7.29. The molecule has 0 unspecified atom stereocenters. The Bertz CT molecular complexity index is 1320. The Labute approximate surface area is 188 Å². The van der Waals surface area contributed by atoms with E-state index >= 15 is 0 Å². The lowest BCUT2D eigenvalue weighted by molar-refractivity contribution is 0.102. The highest BCUT2D eigenvalue weighted by Crippen LogP contribution is 2.44. The quantitative estimate of drug-likeness (QED) is 0.301. The molecule has 3 aromatic heterocycles. The zero-order valence-corrected chi connectivity index (χ0v) is 18.9. The van der Waals surface area contributed by atoms with Crippen LogP contribution in [0.4, 0.5) is 0 Å². The molecule has 0 N–H and O–H groups in total.